The molecule has 2 aliphatic rings. The summed E-state index contributed by atoms with van der Waals surface area (Å²) in [5, 5.41) is 14.6. The van der Waals surface area contributed by atoms with E-state index in [4.69, 9.17) is 4.74 Å². The SMILES string of the molecule is COc1ccc(N2CC(O)(c3cccs3)[N+]3=C2SCCC3)cc1. The molecule has 1 atom stereocenters. The van der Waals surface area contributed by atoms with Gasteiger partial charge in [0, 0.05) is 5.75 Å². The Labute approximate surface area is 144 Å². The Bertz CT molecular complexity index is 728. The third-order valence-corrected chi connectivity index (χ3v) is 6.55. The molecule has 0 aliphatic carbocycles. The van der Waals surface area contributed by atoms with Crippen LogP contribution in [0.3, 0.4) is 0 Å². The molecule has 1 N–H and O–H groups in total. The van der Waals surface area contributed by atoms with E-state index in [2.05, 4.69) is 21.6 Å². The number of hydrogen-bond donors (Lipinski definition) is 1. The normalized spacial score (nSPS) is 24.0. The molecule has 0 bridgehead atoms. The van der Waals surface area contributed by atoms with Crippen molar-refractivity contribution in [2.24, 2.45) is 0 Å². The molecule has 3 heterocycles. The summed E-state index contributed by atoms with van der Waals surface area (Å²) >= 11 is 3.45. The molecule has 2 aromatic rings. The average molecular weight is 347 g/mol. The fraction of sp³-hybridized carbons (Fsp3) is 0.353. The minimum atomic E-state index is -0.934. The van der Waals surface area contributed by atoms with Crippen molar-refractivity contribution in [1.29, 1.82) is 0 Å². The molecule has 120 valence electrons. The number of β-amino-alcohol motifs (C(OH)–C–C–N with tert-alkyl or cyclic N) is 1. The van der Waals surface area contributed by atoms with E-state index >= 15 is 0 Å². The number of anilines is 1. The third kappa shape index (κ3) is 2.45. The first-order chi connectivity index (χ1) is 11.2. The van der Waals surface area contributed by atoms with Crippen LogP contribution in [0.4, 0.5) is 5.69 Å². The molecule has 4 nitrogen and oxygen atoms in total. The molecular weight excluding hydrogens is 328 g/mol. The van der Waals surface area contributed by atoms with E-state index in [0.29, 0.717) is 6.54 Å². The number of benzene rings is 1. The lowest BCUT2D eigenvalue weighted by Gasteiger charge is -2.22. The topological polar surface area (TPSA) is 35.7 Å². The number of ether oxygens (including phenoxy) is 1. The Morgan fingerprint density at radius 1 is 1.26 bits per heavy atom. The Morgan fingerprint density at radius 2 is 2.09 bits per heavy atom. The van der Waals surface area contributed by atoms with Crippen LogP contribution in [0.15, 0.2) is 41.8 Å². The van der Waals surface area contributed by atoms with Crippen molar-refractivity contribution in [3.63, 3.8) is 0 Å². The number of aliphatic hydroxyl groups is 1. The molecule has 1 aromatic carbocycles. The number of thioether (sulfide) groups is 1. The Morgan fingerprint density at radius 3 is 2.78 bits per heavy atom. The molecule has 0 saturated heterocycles. The largest absolute Gasteiger partial charge is 0.497 e. The predicted molar refractivity (Wildman–Crippen MR) is 95.8 cm³/mol. The van der Waals surface area contributed by atoms with Gasteiger partial charge < -0.3 is 9.84 Å². The number of hydrogen-bond acceptors (Lipinski definition) is 5. The van der Waals surface area contributed by atoms with Crippen molar-refractivity contribution in [3.8, 4) is 5.75 Å². The first-order valence-corrected chi connectivity index (χ1v) is 9.54. The summed E-state index contributed by atoms with van der Waals surface area (Å²) in [6.45, 7) is 1.45. The van der Waals surface area contributed by atoms with Crippen LogP contribution in [0.25, 0.3) is 0 Å². The molecule has 1 aromatic heterocycles. The lowest BCUT2D eigenvalue weighted by atomic mass is 10.1. The van der Waals surface area contributed by atoms with Crippen molar-refractivity contribution < 1.29 is 14.4 Å². The predicted octanol–water partition coefficient (Wildman–Crippen LogP) is 2.93. The quantitative estimate of drug-likeness (QED) is 0.866. The highest BCUT2D eigenvalue weighted by Gasteiger charge is 2.53. The first kappa shape index (κ1) is 15.1. The number of thiophene rings is 1. The van der Waals surface area contributed by atoms with Gasteiger partial charge in [-0.1, -0.05) is 6.07 Å². The third-order valence-electron chi connectivity index (χ3n) is 4.34. The van der Waals surface area contributed by atoms with Gasteiger partial charge in [0.05, 0.1) is 18.5 Å². The van der Waals surface area contributed by atoms with Crippen LogP contribution in [0.1, 0.15) is 11.3 Å². The summed E-state index contributed by atoms with van der Waals surface area (Å²) in [6.07, 6.45) is 1.10. The lowest BCUT2D eigenvalue weighted by molar-refractivity contribution is -0.655. The fourth-order valence-electron chi connectivity index (χ4n) is 3.18. The summed E-state index contributed by atoms with van der Waals surface area (Å²) in [5.74, 6) is 1.94. The smallest absolute Gasteiger partial charge is 0.316 e. The Kier molecular flexibility index (Phi) is 3.83. The molecule has 0 spiro atoms. The van der Waals surface area contributed by atoms with E-state index < -0.39 is 5.72 Å². The zero-order valence-corrected chi connectivity index (χ0v) is 14.6. The van der Waals surface area contributed by atoms with Crippen LogP contribution < -0.4 is 9.64 Å². The molecule has 0 radical (unpaired) electrons. The van der Waals surface area contributed by atoms with Crippen molar-refractivity contribution in [1.82, 2.24) is 0 Å². The van der Waals surface area contributed by atoms with Crippen molar-refractivity contribution in [3.05, 3.63) is 46.7 Å². The number of amidine groups is 1. The van der Waals surface area contributed by atoms with Crippen LogP contribution in [0.5, 0.6) is 5.75 Å². The van der Waals surface area contributed by atoms with Crippen molar-refractivity contribution >= 4 is 34.0 Å². The first-order valence-electron chi connectivity index (χ1n) is 7.68. The second-order valence-corrected chi connectivity index (χ2v) is 7.72. The van der Waals surface area contributed by atoms with Crippen molar-refractivity contribution in [2.45, 2.75) is 12.1 Å². The van der Waals surface area contributed by atoms with E-state index in [0.717, 1.165) is 40.2 Å². The highest BCUT2D eigenvalue weighted by molar-refractivity contribution is 8.13. The molecule has 0 saturated carbocycles. The minimum absolute atomic E-state index is 0.558. The zero-order chi connectivity index (χ0) is 15.9. The number of methoxy groups -OCH3 is 1. The Balaban J connectivity index is 1.75. The molecule has 2 aliphatic heterocycles. The van der Waals surface area contributed by atoms with Gasteiger partial charge in [-0.2, -0.15) is 0 Å². The molecule has 0 fully saturated rings. The Hall–Kier alpha value is -1.50. The summed E-state index contributed by atoms with van der Waals surface area (Å²) in [7, 11) is 1.67. The number of rotatable bonds is 3. The summed E-state index contributed by atoms with van der Waals surface area (Å²) in [4.78, 5) is 3.23. The lowest BCUT2D eigenvalue weighted by Crippen LogP contribution is -2.40. The summed E-state index contributed by atoms with van der Waals surface area (Å²) in [6, 6.07) is 12.1. The van der Waals surface area contributed by atoms with E-state index in [1.165, 1.54) is 0 Å². The van der Waals surface area contributed by atoms with Gasteiger partial charge in [-0.3, -0.25) is 0 Å². The van der Waals surface area contributed by atoms with Gasteiger partial charge in [0.15, 0.2) is 6.54 Å². The molecule has 1 unspecified atom stereocenters. The van der Waals surface area contributed by atoms with Crippen LogP contribution >= 0.6 is 23.1 Å². The van der Waals surface area contributed by atoms with Gasteiger partial charge in [-0.15, -0.1) is 11.3 Å². The maximum absolute atomic E-state index is 11.4. The van der Waals surface area contributed by atoms with Gasteiger partial charge in [0.2, 0.25) is 0 Å². The van der Waals surface area contributed by atoms with Crippen LogP contribution in [0, 0.1) is 0 Å². The highest BCUT2D eigenvalue weighted by atomic mass is 32.2. The molecule has 0 amide bonds. The maximum Gasteiger partial charge on any atom is 0.316 e. The summed E-state index contributed by atoms with van der Waals surface area (Å²) in [5.41, 5.74) is 0.157. The monoisotopic (exact) mass is 347 g/mol. The van der Waals surface area contributed by atoms with Crippen molar-refractivity contribution in [2.75, 3.05) is 30.9 Å². The fourth-order valence-corrected chi connectivity index (χ4v) is 5.19. The highest BCUT2D eigenvalue weighted by Crippen LogP contribution is 2.39. The summed E-state index contributed by atoms with van der Waals surface area (Å²) < 4.78 is 7.41. The minimum Gasteiger partial charge on any atom is -0.497 e. The van der Waals surface area contributed by atoms with E-state index in [9.17, 15) is 5.11 Å². The second-order valence-electron chi connectivity index (χ2n) is 5.71. The zero-order valence-electron chi connectivity index (χ0n) is 12.9. The van der Waals surface area contributed by atoms with Crippen LogP contribution in [0.2, 0.25) is 0 Å². The van der Waals surface area contributed by atoms with Gasteiger partial charge in [0.25, 0.3) is 5.72 Å². The molecule has 6 heteroatoms. The molecule has 23 heavy (non-hydrogen) atoms. The van der Waals surface area contributed by atoms with E-state index in [-0.39, 0.29) is 0 Å². The average Bonchev–Trinajstić information content (AvgIpc) is 3.23. The van der Waals surface area contributed by atoms with Gasteiger partial charge in [0.1, 0.15) is 11.4 Å². The van der Waals surface area contributed by atoms with Gasteiger partial charge >= 0.3 is 5.17 Å². The molecular formula is C17H19N2O2S2+. The van der Waals surface area contributed by atoms with Crippen LogP contribution in [-0.2, 0) is 5.72 Å². The van der Waals surface area contributed by atoms with Gasteiger partial charge in [-0.25, -0.2) is 9.48 Å². The number of nitrogens with zero attached hydrogens (tertiary/aromatic N) is 2. The van der Waals surface area contributed by atoms with E-state index in [1.807, 2.05) is 41.4 Å². The van der Waals surface area contributed by atoms with Crippen LogP contribution in [-0.4, -0.2) is 40.8 Å². The maximum atomic E-state index is 11.4. The molecule has 4 rings (SSSR count). The second kappa shape index (κ2) is 5.85. The standard InChI is InChI=1S/C17H19N2O2S2/c1-21-14-7-5-13(6-8-14)18-12-17(20,15-4-2-10-22-15)19-9-3-11-23-16(18)19/h2,4-8,10,20H,3,9,11-12H2,1H3/q+1. The van der Waals surface area contributed by atoms with E-state index in [1.54, 1.807) is 18.4 Å². The van der Waals surface area contributed by atoms with Gasteiger partial charge in [-0.05, 0) is 53.9 Å².